The van der Waals surface area contributed by atoms with Crippen LogP contribution in [-0.2, 0) is 4.74 Å². The van der Waals surface area contributed by atoms with Gasteiger partial charge in [-0.05, 0) is 6.07 Å². The first-order chi connectivity index (χ1) is 9.41. The van der Waals surface area contributed by atoms with Crippen LogP contribution in [-0.4, -0.2) is 37.0 Å². The number of nitro groups is 1. The van der Waals surface area contributed by atoms with E-state index in [1.54, 1.807) is 0 Å². The van der Waals surface area contributed by atoms with Gasteiger partial charge in [0.2, 0.25) is 0 Å². The van der Waals surface area contributed by atoms with Crippen molar-refractivity contribution in [2.75, 3.05) is 19.8 Å². The molecule has 6 nitrogen and oxygen atoms in total. The molecular weight excluding hydrogens is 298 g/mol. The van der Waals surface area contributed by atoms with Gasteiger partial charge in [-0.25, -0.2) is 8.78 Å². The molecule has 0 aliphatic carbocycles. The Labute approximate surface area is 117 Å². The lowest BCUT2D eigenvalue weighted by Crippen LogP contribution is -2.28. The highest BCUT2D eigenvalue weighted by atomic mass is 35.5. The van der Waals surface area contributed by atoms with Gasteiger partial charge >= 0.3 is 0 Å². The highest BCUT2D eigenvalue weighted by Gasteiger charge is 2.14. The first-order valence-corrected chi connectivity index (χ1v) is 5.87. The van der Waals surface area contributed by atoms with Crippen molar-refractivity contribution >= 4 is 23.2 Å². The van der Waals surface area contributed by atoms with Gasteiger partial charge in [-0.15, -0.1) is 0 Å². The number of amides is 1. The Hall–Kier alpha value is -1.80. The van der Waals surface area contributed by atoms with Crippen LogP contribution in [0, 0.1) is 10.1 Å². The quantitative estimate of drug-likeness (QED) is 0.476. The smallest absolute Gasteiger partial charge is 0.270 e. The van der Waals surface area contributed by atoms with Crippen molar-refractivity contribution in [2.24, 2.45) is 0 Å². The van der Waals surface area contributed by atoms with E-state index in [0.717, 1.165) is 12.1 Å². The summed E-state index contributed by atoms with van der Waals surface area (Å²) in [6.45, 7) is -0.742. The maximum absolute atomic E-state index is 11.8. The van der Waals surface area contributed by atoms with Crippen molar-refractivity contribution in [3.8, 4) is 0 Å². The van der Waals surface area contributed by atoms with E-state index in [1.165, 1.54) is 6.07 Å². The Morgan fingerprint density at radius 1 is 1.50 bits per heavy atom. The minimum Gasteiger partial charge on any atom is -0.374 e. The summed E-state index contributed by atoms with van der Waals surface area (Å²) >= 11 is 5.75. The van der Waals surface area contributed by atoms with E-state index in [9.17, 15) is 23.7 Å². The Bertz CT molecular complexity index is 499. The summed E-state index contributed by atoms with van der Waals surface area (Å²) in [6.07, 6.45) is -2.56. The summed E-state index contributed by atoms with van der Waals surface area (Å²) in [5, 5.41) is 12.8. The molecule has 1 aromatic carbocycles. The van der Waals surface area contributed by atoms with Crippen LogP contribution in [0.1, 0.15) is 10.4 Å². The topological polar surface area (TPSA) is 81.5 Å². The number of nitro benzene ring substituents is 1. The molecule has 0 fully saturated rings. The zero-order valence-electron chi connectivity index (χ0n) is 10.1. The number of nitrogens with zero attached hydrogens (tertiary/aromatic N) is 1. The summed E-state index contributed by atoms with van der Waals surface area (Å²) in [5.74, 6) is -0.564. The molecule has 0 spiro atoms. The molecule has 0 radical (unpaired) electrons. The molecule has 1 N–H and O–H groups in total. The van der Waals surface area contributed by atoms with Gasteiger partial charge in [0.15, 0.2) is 0 Å². The number of carbonyl (C=O) groups excluding carboxylic acids is 1. The fraction of sp³-hybridized carbons (Fsp3) is 0.364. The summed E-state index contributed by atoms with van der Waals surface area (Å²) in [7, 11) is 0. The lowest BCUT2D eigenvalue weighted by molar-refractivity contribution is -0.384. The minimum atomic E-state index is -2.56. The van der Waals surface area contributed by atoms with Crippen molar-refractivity contribution < 1.29 is 23.2 Å². The fourth-order valence-corrected chi connectivity index (χ4v) is 1.57. The van der Waals surface area contributed by atoms with Crippen molar-refractivity contribution in [1.82, 2.24) is 5.32 Å². The van der Waals surface area contributed by atoms with Crippen molar-refractivity contribution in [3.05, 3.63) is 38.9 Å². The van der Waals surface area contributed by atoms with Gasteiger partial charge in [-0.2, -0.15) is 0 Å². The number of rotatable bonds is 7. The summed E-state index contributed by atoms with van der Waals surface area (Å²) in [4.78, 5) is 21.5. The average Bonchev–Trinajstić information content (AvgIpc) is 2.37. The number of hydrogen-bond acceptors (Lipinski definition) is 4. The number of non-ortho nitro benzene ring substituents is 1. The molecule has 1 aromatic rings. The standard InChI is InChI=1S/C11H11ClF2N2O4/c12-9-5-7(16(18)19)1-2-8(9)11(17)15-3-4-20-6-10(13)14/h1-2,5,10H,3-4,6H2,(H,15,17). The SMILES string of the molecule is O=C(NCCOCC(F)F)c1ccc([N+](=O)[O-])cc1Cl. The molecular formula is C11H11ClF2N2O4. The molecule has 0 saturated heterocycles. The average molecular weight is 309 g/mol. The van der Waals surface area contributed by atoms with Crippen molar-refractivity contribution in [3.63, 3.8) is 0 Å². The maximum atomic E-state index is 11.8. The first-order valence-electron chi connectivity index (χ1n) is 5.50. The lowest BCUT2D eigenvalue weighted by Gasteiger charge is -2.07. The molecule has 1 amide bonds. The highest BCUT2D eigenvalue weighted by Crippen LogP contribution is 2.22. The number of alkyl halides is 2. The number of benzene rings is 1. The van der Waals surface area contributed by atoms with E-state index in [1.807, 2.05) is 0 Å². The Kier molecular flexibility index (Phi) is 6.26. The van der Waals surface area contributed by atoms with E-state index < -0.39 is 23.9 Å². The monoisotopic (exact) mass is 308 g/mol. The largest absolute Gasteiger partial charge is 0.374 e. The Morgan fingerprint density at radius 3 is 2.75 bits per heavy atom. The predicted octanol–water partition coefficient (Wildman–Crippen LogP) is 2.26. The molecule has 0 aliphatic heterocycles. The van der Waals surface area contributed by atoms with Gasteiger partial charge in [0.1, 0.15) is 6.61 Å². The molecule has 0 saturated carbocycles. The van der Waals surface area contributed by atoms with Crippen molar-refractivity contribution in [1.29, 1.82) is 0 Å². The van der Waals surface area contributed by atoms with Crippen LogP contribution >= 0.6 is 11.6 Å². The zero-order valence-corrected chi connectivity index (χ0v) is 10.9. The molecule has 110 valence electrons. The third kappa shape index (κ3) is 5.06. The van der Waals surface area contributed by atoms with E-state index in [2.05, 4.69) is 10.1 Å². The Morgan fingerprint density at radius 2 is 2.20 bits per heavy atom. The van der Waals surface area contributed by atoms with Crippen LogP contribution in [0.2, 0.25) is 5.02 Å². The molecule has 9 heteroatoms. The second-order valence-corrected chi connectivity index (χ2v) is 4.05. The molecule has 0 aromatic heterocycles. The van der Waals surface area contributed by atoms with E-state index in [-0.39, 0.29) is 29.4 Å². The lowest BCUT2D eigenvalue weighted by atomic mass is 10.2. The number of halogens is 3. The van der Waals surface area contributed by atoms with Gasteiger partial charge in [0.05, 0.1) is 22.1 Å². The highest BCUT2D eigenvalue weighted by molar-refractivity contribution is 6.34. The number of hydrogen-bond donors (Lipinski definition) is 1. The third-order valence-corrected chi connectivity index (χ3v) is 2.50. The minimum absolute atomic E-state index is 0.0267. The van der Waals surface area contributed by atoms with Crippen LogP contribution in [0.5, 0.6) is 0 Å². The van der Waals surface area contributed by atoms with Crippen LogP contribution in [0.3, 0.4) is 0 Å². The van der Waals surface area contributed by atoms with E-state index in [4.69, 9.17) is 11.6 Å². The molecule has 1 rings (SSSR count). The second-order valence-electron chi connectivity index (χ2n) is 3.64. The molecule has 20 heavy (non-hydrogen) atoms. The summed E-state index contributed by atoms with van der Waals surface area (Å²) in [6, 6.07) is 3.42. The molecule has 0 aliphatic rings. The fourth-order valence-electron chi connectivity index (χ4n) is 1.31. The summed E-state index contributed by atoms with van der Waals surface area (Å²) in [5.41, 5.74) is -0.169. The van der Waals surface area contributed by atoms with Gasteiger partial charge in [-0.1, -0.05) is 11.6 Å². The normalized spacial score (nSPS) is 10.6. The van der Waals surface area contributed by atoms with Gasteiger partial charge in [0.25, 0.3) is 18.0 Å². The van der Waals surface area contributed by atoms with Crippen LogP contribution in [0.15, 0.2) is 18.2 Å². The Balaban J connectivity index is 2.49. The number of ether oxygens (including phenoxy) is 1. The van der Waals surface area contributed by atoms with Gasteiger partial charge in [-0.3, -0.25) is 14.9 Å². The number of carbonyl (C=O) groups is 1. The van der Waals surface area contributed by atoms with Crippen LogP contribution in [0.4, 0.5) is 14.5 Å². The van der Waals surface area contributed by atoms with Crippen LogP contribution in [0.25, 0.3) is 0 Å². The van der Waals surface area contributed by atoms with Gasteiger partial charge < -0.3 is 10.1 Å². The van der Waals surface area contributed by atoms with E-state index >= 15 is 0 Å². The zero-order chi connectivity index (χ0) is 15.1. The predicted molar refractivity (Wildman–Crippen MR) is 67.3 cm³/mol. The number of nitrogens with one attached hydrogen (secondary N) is 1. The second kappa shape index (κ2) is 7.71. The van der Waals surface area contributed by atoms with E-state index in [0.29, 0.717) is 0 Å². The van der Waals surface area contributed by atoms with Gasteiger partial charge in [0, 0.05) is 18.7 Å². The first kappa shape index (κ1) is 16.3. The molecule has 0 atom stereocenters. The molecule has 0 unspecified atom stereocenters. The third-order valence-electron chi connectivity index (χ3n) is 2.18. The molecule has 0 heterocycles. The maximum Gasteiger partial charge on any atom is 0.270 e. The van der Waals surface area contributed by atoms with Crippen LogP contribution < -0.4 is 5.32 Å². The van der Waals surface area contributed by atoms with Crippen molar-refractivity contribution in [2.45, 2.75) is 6.43 Å². The summed E-state index contributed by atoms with van der Waals surface area (Å²) < 4.78 is 28.1. The molecule has 0 bridgehead atoms.